The van der Waals surface area contributed by atoms with E-state index in [0.717, 1.165) is 19.3 Å². The first kappa shape index (κ1) is 21.8. The van der Waals surface area contributed by atoms with Crippen LogP contribution in [0.1, 0.15) is 42.5 Å². The lowest BCUT2D eigenvalue weighted by atomic mass is 9.48. The summed E-state index contributed by atoms with van der Waals surface area (Å²) in [5, 5.41) is 26.6. The number of hydrogen-bond acceptors (Lipinski definition) is 6. The van der Waals surface area contributed by atoms with Gasteiger partial charge in [-0.2, -0.15) is 5.10 Å². The minimum Gasteiger partial charge on any atom is -0.495 e. The van der Waals surface area contributed by atoms with E-state index in [2.05, 4.69) is 10.4 Å². The van der Waals surface area contributed by atoms with Gasteiger partial charge in [-0.05, 0) is 68.1 Å². The van der Waals surface area contributed by atoms with Gasteiger partial charge in [0, 0.05) is 0 Å². The van der Waals surface area contributed by atoms with Crippen LogP contribution in [0.3, 0.4) is 0 Å². The molecule has 0 amide bonds. The van der Waals surface area contributed by atoms with Crippen LogP contribution in [0, 0.1) is 23.7 Å². The van der Waals surface area contributed by atoms with Crippen LogP contribution in [0.2, 0.25) is 5.02 Å². The van der Waals surface area contributed by atoms with Crippen molar-refractivity contribution in [3.63, 3.8) is 0 Å². The average Bonchev–Trinajstić information content (AvgIpc) is 2.75. The van der Waals surface area contributed by atoms with Crippen molar-refractivity contribution in [2.24, 2.45) is 23.7 Å². The number of rotatable bonds is 6. The van der Waals surface area contributed by atoms with E-state index < -0.39 is 29.0 Å². The van der Waals surface area contributed by atoms with Crippen LogP contribution in [0.15, 0.2) is 29.2 Å². The molecule has 6 rings (SSSR count). The number of carbonyl (C=O) groups is 2. The second-order valence-corrected chi connectivity index (χ2v) is 9.84. The summed E-state index contributed by atoms with van der Waals surface area (Å²) in [6.07, 6.45) is 5.47. The molecule has 4 saturated carbocycles. The first-order chi connectivity index (χ1) is 15.7. The second-order valence-electron chi connectivity index (χ2n) is 9.46. The predicted molar refractivity (Wildman–Crippen MR) is 119 cm³/mol. The molecule has 10 heteroatoms. The van der Waals surface area contributed by atoms with E-state index in [4.69, 9.17) is 16.3 Å². The maximum atomic E-state index is 13.4. The topological polar surface area (TPSA) is 131 Å². The molecule has 0 aliphatic heterocycles. The van der Waals surface area contributed by atoms with Gasteiger partial charge in [-0.1, -0.05) is 11.6 Å². The molecular weight excluding hydrogens is 450 g/mol. The molecule has 0 spiro atoms. The van der Waals surface area contributed by atoms with Gasteiger partial charge in [-0.25, -0.2) is 9.48 Å². The largest absolute Gasteiger partial charge is 0.495 e. The zero-order chi connectivity index (χ0) is 23.5. The van der Waals surface area contributed by atoms with E-state index in [9.17, 15) is 24.6 Å². The third kappa shape index (κ3) is 3.37. The smallest absolute Gasteiger partial charge is 0.335 e. The Bertz CT molecular complexity index is 1200. The molecule has 3 atom stereocenters. The van der Waals surface area contributed by atoms with Gasteiger partial charge >= 0.3 is 11.9 Å². The summed E-state index contributed by atoms with van der Waals surface area (Å²) in [5.74, 6) is -1.47. The second kappa shape index (κ2) is 7.76. The molecular formula is C23H24ClN3O6. The van der Waals surface area contributed by atoms with Crippen LogP contribution >= 0.6 is 11.6 Å². The number of aliphatic carboxylic acids is 1. The standard InChI is InChI=1S/C23H24ClN3O6/c1-33-17-3-2-13(21(29)30)7-15(17)26-16-10-25-27(20(28)19(16)24)23-8-11-4-12(9-23)6-14(5-11)18(23)22(31)32/h2-3,7,10-12,14,18,26H,4-6,8-9H2,1H3,(H,29,30)(H,31,32). The Morgan fingerprint density at radius 1 is 1.18 bits per heavy atom. The number of carboxylic acids is 2. The number of methoxy groups -OCH3 is 1. The van der Waals surface area contributed by atoms with Crippen LogP contribution in [-0.2, 0) is 10.3 Å². The Morgan fingerprint density at radius 3 is 2.48 bits per heavy atom. The molecule has 3 unspecified atom stereocenters. The monoisotopic (exact) mass is 473 g/mol. The summed E-state index contributed by atoms with van der Waals surface area (Å²) in [4.78, 5) is 37.0. The Labute approximate surface area is 194 Å². The lowest BCUT2D eigenvalue weighted by Crippen LogP contribution is -2.63. The Balaban J connectivity index is 1.55. The molecule has 9 nitrogen and oxygen atoms in total. The number of anilines is 2. The zero-order valence-electron chi connectivity index (χ0n) is 18.0. The maximum absolute atomic E-state index is 13.4. The molecule has 1 heterocycles. The van der Waals surface area contributed by atoms with E-state index in [1.54, 1.807) is 0 Å². The number of benzene rings is 1. The number of halogens is 1. The van der Waals surface area contributed by atoms with Crippen molar-refractivity contribution in [1.82, 2.24) is 9.78 Å². The van der Waals surface area contributed by atoms with Crippen molar-refractivity contribution in [3.8, 4) is 5.75 Å². The summed E-state index contributed by atoms with van der Waals surface area (Å²) in [7, 11) is 1.44. The van der Waals surface area contributed by atoms with Crippen LogP contribution < -0.4 is 15.6 Å². The Morgan fingerprint density at radius 2 is 1.88 bits per heavy atom. The molecule has 1 aromatic heterocycles. The van der Waals surface area contributed by atoms with Crippen molar-refractivity contribution in [3.05, 3.63) is 45.3 Å². The molecule has 0 saturated heterocycles. The van der Waals surface area contributed by atoms with Gasteiger partial charge in [-0.3, -0.25) is 9.59 Å². The number of carboxylic acid groups (broad SMARTS) is 2. The molecule has 4 bridgehead atoms. The number of ether oxygens (including phenoxy) is 1. The van der Waals surface area contributed by atoms with E-state index in [1.165, 1.54) is 36.2 Å². The van der Waals surface area contributed by atoms with Crippen molar-refractivity contribution in [2.45, 2.75) is 37.6 Å². The fraction of sp³-hybridized carbons (Fsp3) is 0.478. The average molecular weight is 474 g/mol. The molecule has 4 fully saturated rings. The maximum Gasteiger partial charge on any atom is 0.335 e. The number of aromatic carboxylic acids is 1. The van der Waals surface area contributed by atoms with Crippen molar-refractivity contribution in [1.29, 1.82) is 0 Å². The quantitative estimate of drug-likeness (QED) is 0.580. The molecule has 0 radical (unpaired) electrons. The predicted octanol–water partition coefficient (Wildman–Crippen LogP) is 3.58. The molecule has 3 N–H and O–H groups in total. The van der Waals surface area contributed by atoms with Gasteiger partial charge in [0.05, 0.1) is 41.7 Å². The Kier molecular flexibility index (Phi) is 5.12. The summed E-state index contributed by atoms with van der Waals surface area (Å²) < 4.78 is 6.60. The highest BCUT2D eigenvalue weighted by Gasteiger charge is 2.61. The number of nitrogens with one attached hydrogen (secondary N) is 1. The highest BCUT2D eigenvalue weighted by molar-refractivity contribution is 6.33. The van der Waals surface area contributed by atoms with E-state index >= 15 is 0 Å². The third-order valence-electron chi connectivity index (χ3n) is 7.60. The van der Waals surface area contributed by atoms with Gasteiger partial charge in [0.1, 0.15) is 10.8 Å². The number of hydrogen-bond donors (Lipinski definition) is 3. The molecule has 33 heavy (non-hydrogen) atoms. The molecule has 4 aliphatic carbocycles. The van der Waals surface area contributed by atoms with E-state index in [1.807, 2.05) is 0 Å². The summed E-state index contributed by atoms with van der Waals surface area (Å²) in [5.41, 5.74) is -0.885. The van der Waals surface area contributed by atoms with Crippen molar-refractivity contribution < 1.29 is 24.5 Å². The fourth-order valence-corrected chi connectivity index (χ4v) is 6.83. The first-order valence-corrected chi connectivity index (χ1v) is 11.3. The zero-order valence-corrected chi connectivity index (χ0v) is 18.7. The first-order valence-electron chi connectivity index (χ1n) is 10.9. The van der Waals surface area contributed by atoms with Crippen molar-refractivity contribution in [2.75, 3.05) is 12.4 Å². The van der Waals surface area contributed by atoms with Gasteiger partial charge < -0.3 is 20.3 Å². The Hall–Kier alpha value is -3.07. The third-order valence-corrected chi connectivity index (χ3v) is 7.96. The fourth-order valence-electron chi connectivity index (χ4n) is 6.65. The lowest BCUT2D eigenvalue weighted by molar-refractivity contribution is -0.168. The van der Waals surface area contributed by atoms with Crippen LogP contribution in [-0.4, -0.2) is 39.0 Å². The number of aromatic nitrogens is 2. The van der Waals surface area contributed by atoms with Gasteiger partial charge in [0.2, 0.25) is 0 Å². The number of nitrogens with zero attached hydrogens (tertiary/aromatic N) is 2. The normalized spacial score (nSPS) is 29.6. The van der Waals surface area contributed by atoms with Crippen LogP contribution in [0.5, 0.6) is 5.75 Å². The lowest BCUT2D eigenvalue weighted by Gasteiger charge is -2.59. The van der Waals surface area contributed by atoms with Gasteiger partial charge in [0.15, 0.2) is 0 Å². The summed E-state index contributed by atoms with van der Waals surface area (Å²) in [6, 6.07) is 4.28. The highest BCUT2D eigenvalue weighted by atomic mass is 35.5. The van der Waals surface area contributed by atoms with Crippen LogP contribution in [0.4, 0.5) is 11.4 Å². The van der Waals surface area contributed by atoms with Crippen LogP contribution in [0.25, 0.3) is 0 Å². The van der Waals surface area contributed by atoms with E-state index in [-0.39, 0.29) is 22.2 Å². The summed E-state index contributed by atoms with van der Waals surface area (Å²) in [6.45, 7) is 0. The van der Waals surface area contributed by atoms with E-state index in [0.29, 0.717) is 36.1 Å². The molecule has 2 aromatic rings. The SMILES string of the molecule is COc1ccc(C(=O)O)cc1Nc1cnn(C23CC4CC(CC(C4)C2C(=O)O)C3)c(=O)c1Cl. The molecule has 4 aliphatic rings. The highest BCUT2D eigenvalue weighted by Crippen LogP contribution is 2.61. The summed E-state index contributed by atoms with van der Waals surface area (Å²) >= 11 is 6.47. The van der Waals surface area contributed by atoms with Gasteiger partial charge in [0.25, 0.3) is 5.56 Å². The minimum atomic E-state index is -1.11. The van der Waals surface area contributed by atoms with Gasteiger partial charge in [-0.15, -0.1) is 0 Å². The molecule has 1 aromatic carbocycles. The minimum absolute atomic E-state index is 0.0357. The molecule has 174 valence electrons. The van der Waals surface area contributed by atoms with Crippen molar-refractivity contribution >= 4 is 34.9 Å².